The van der Waals surface area contributed by atoms with Crippen LogP contribution in [0.1, 0.15) is 5.69 Å². The van der Waals surface area contributed by atoms with Gasteiger partial charge in [-0.05, 0) is 12.1 Å². The number of methoxy groups -OCH3 is 2. The molecule has 1 heterocycles. The summed E-state index contributed by atoms with van der Waals surface area (Å²) >= 11 is 6.04. The van der Waals surface area contributed by atoms with Crippen LogP contribution in [0.5, 0.6) is 11.5 Å². The van der Waals surface area contributed by atoms with Crippen molar-refractivity contribution in [2.45, 2.75) is 0 Å². The summed E-state index contributed by atoms with van der Waals surface area (Å²) < 4.78 is 10.4. The molecule has 0 amide bonds. The van der Waals surface area contributed by atoms with E-state index in [9.17, 15) is 0 Å². The topological polar surface area (TPSA) is 67.2 Å². The number of pyridine rings is 1. The van der Waals surface area contributed by atoms with Crippen LogP contribution in [0.4, 0.5) is 11.5 Å². The smallest absolute Gasteiger partial charge is 0.144 e. The number of rotatable bonds is 4. The molecule has 0 atom stereocenters. The van der Waals surface area contributed by atoms with E-state index in [0.717, 1.165) is 0 Å². The Labute approximate surface area is 121 Å². The fourth-order valence-electron chi connectivity index (χ4n) is 1.66. The highest BCUT2D eigenvalue weighted by molar-refractivity contribution is 6.32. The summed E-state index contributed by atoms with van der Waals surface area (Å²) in [6.07, 6.45) is 0. The van der Waals surface area contributed by atoms with Crippen molar-refractivity contribution in [1.82, 2.24) is 4.98 Å². The highest BCUT2D eigenvalue weighted by Gasteiger charge is 2.10. The second-order valence-electron chi connectivity index (χ2n) is 3.83. The number of anilines is 2. The third-order valence-corrected chi connectivity index (χ3v) is 2.90. The van der Waals surface area contributed by atoms with Gasteiger partial charge in [-0.15, -0.1) is 0 Å². The predicted molar refractivity (Wildman–Crippen MR) is 76.8 cm³/mol. The highest BCUT2D eigenvalue weighted by atomic mass is 35.5. The summed E-state index contributed by atoms with van der Waals surface area (Å²) in [5.74, 6) is 1.61. The molecule has 0 saturated carbocycles. The van der Waals surface area contributed by atoms with Gasteiger partial charge in [0.05, 0.1) is 24.9 Å². The van der Waals surface area contributed by atoms with Gasteiger partial charge in [-0.25, -0.2) is 4.98 Å². The number of halogens is 1. The summed E-state index contributed by atoms with van der Waals surface area (Å²) in [5.41, 5.74) is 0.978. The average molecular weight is 290 g/mol. The average Bonchev–Trinajstić information content (AvgIpc) is 2.48. The molecule has 0 aliphatic rings. The van der Waals surface area contributed by atoms with Crippen molar-refractivity contribution in [2.75, 3.05) is 19.5 Å². The third-order valence-electron chi connectivity index (χ3n) is 2.60. The van der Waals surface area contributed by atoms with E-state index in [1.165, 1.54) is 7.11 Å². The van der Waals surface area contributed by atoms with Crippen LogP contribution in [0, 0.1) is 11.3 Å². The Morgan fingerprint density at radius 2 is 1.95 bits per heavy atom. The minimum atomic E-state index is 0.329. The molecule has 1 aromatic heterocycles. The Balaban J connectivity index is 2.39. The zero-order valence-electron chi connectivity index (χ0n) is 11.0. The number of hydrogen-bond donors (Lipinski definition) is 1. The zero-order chi connectivity index (χ0) is 14.5. The van der Waals surface area contributed by atoms with Crippen LogP contribution in [-0.2, 0) is 0 Å². The van der Waals surface area contributed by atoms with Crippen LogP contribution in [0.15, 0.2) is 30.3 Å². The van der Waals surface area contributed by atoms with Crippen molar-refractivity contribution in [1.29, 1.82) is 5.26 Å². The molecule has 0 fully saturated rings. The quantitative estimate of drug-likeness (QED) is 0.934. The van der Waals surface area contributed by atoms with Gasteiger partial charge in [-0.1, -0.05) is 17.7 Å². The number of aromatic nitrogens is 1. The fourth-order valence-corrected chi connectivity index (χ4v) is 1.89. The van der Waals surface area contributed by atoms with Crippen LogP contribution in [0.3, 0.4) is 0 Å². The molecule has 0 saturated heterocycles. The normalized spacial score (nSPS) is 9.70. The minimum absolute atomic E-state index is 0.329. The zero-order valence-corrected chi connectivity index (χ0v) is 11.7. The largest absolute Gasteiger partial charge is 0.495 e. The van der Waals surface area contributed by atoms with Crippen LogP contribution < -0.4 is 14.8 Å². The molecule has 2 aromatic rings. The van der Waals surface area contributed by atoms with Gasteiger partial charge in [0.15, 0.2) is 0 Å². The van der Waals surface area contributed by atoms with Crippen LogP contribution in [-0.4, -0.2) is 19.2 Å². The monoisotopic (exact) mass is 289 g/mol. The summed E-state index contributed by atoms with van der Waals surface area (Å²) in [7, 11) is 3.08. The first-order valence-corrected chi connectivity index (χ1v) is 6.11. The molecule has 2 rings (SSSR count). The molecule has 5 nitrogen and oxygen atoms in total. The lowest BCUT2D eigenvalue weighted by atomic mass is 10.2. The van der Waals surface area contributed by atoms with E-state index in [0.29, 0.717) is 33.7 Å². The number of ether oxygens (including phenoxy) is 2. The maximum Gasteiger partial charge on any atom is 0.144 e. The van der Waals surface area contributed by atoms with Crippen molar-refractivity contribution < 1.29 is 9.47 Å². The van der Waals surface area contributed by atoms with Gasteiger partial charge < -0.3 is 14.8 Å². The lowest BCUT2D eigenvalue weighted by molar-refractivity contribution is 0.405. The minimum Gasteiger partial charge on any atom is -0.495 e. The van der Waals surface area contributed by atoms with Crippen molar-refractivity contribution in [3.63, 3.8) is 0 Å². The second-order valence-corrected chi connectivity index (χ2v) is 4.24. The molecule has 102 valence electrons. The van der Waals surface area contributed by atoms with Crippen molar-refractivity contribution in [3.05, 3.63) is 41.0 Å². The Hall–Kier alpha value is -2.45. The molecule has 0 radical (unpaired) electrons. The van der Waals surface area contributed by atoms with E-state index in [4.69, 9.17) is 26.3 Å². The van der Waals surface area contributed by atoms with Gasteiger partial charge in [-0.3, -0.25) is 0 Å². The van der Waals surface area contributed by atoms with Gasteiger partial charge in [-0.2, -0.15) is 5.26 Å². The standard InChI is InChI=1S/C14H12ClN3O2/c1-19-12-7-11(13(20-2)6-10(12)15)18-14-5-3-4-9(8-16)17-14/h3-7H,1-2H3,(H,17,18). The van der Waals surface area contributed by atoms with Gasteiger partial charge in [0.1, 0.15) is 29.1 Å². The molecule has 0 bridgehead atoms. The number of hydrogen-bond acceptors (Lipinski definition) is 5. The maximum absolute atomic E-state index is 8.85. The van der Waals surface area contributed by atoms with Crippen LogP contribution >= 0.6 is 11.6 Å². The molecule has 6 heteroatoms. The summed E-state index contributed by atoms with van der Waals surface area (Å²) in [6, 6.07) is 10.5. The number of nitrogens with zero attached hydrogens (tertiary/aromatic N) is 2. The molecular formula is C14H12ClN3O2. The summed E-state index contributed by atoms with van der Waals surface area (Å²) in [6.45, 7) is 0. The Kier molecular flexibility index (Phi) is 4.28. The molecule has 20 heavy (non-hydrogen) atoms. The first kappa shape index (κ1) is 14.0. The summed E-state index contributed by atoms with van der Waals surface area (Å²) in [4.78, 5) is 4.14. The summed E-state index contributed by atoms with van der Waals surface area (Å²) in [5, 5.41) is 12.4. The molecular weight excluding hydrogens is 278 g/mol. The molecule has 1 aromatic carbocycles. The van der Waals surface area contributed by atoms with E-state index < -0.39 is 0 Å². The molecule has 0 aliphatic carbocycles. The first-order chi connectivity index (χ1) is 9.67. The Bertz CT molecular complexity index is 668. The van der Waals surface area contributed by atoms with E-state index in [1.54, 1.807) is 37.4 Å². The Morgan fingerprint density at radius 1 is 1.20 bits per heavy atom. The lowest BCUT2D eigenvalue weighted by Crippen LogP contribution is -1.98. The first-order valence-electron chi connectivity index (χ1n) is 5.73. The van der Waals surface area contributed by atoms with Gasteiger partial charge >= 0.3 is 0 Å². The fraction of sp³-hybridized carbons (Fsp3) is 0.143. The van der Waals surface area contributed by atoms with Crippen molar-refractivity contribution in [2.24, 2.45) is 0 Å². The number of nitrogens with one attached hydrogen (secondary N) is 1. The number of nitriles is 1. The maximum atomic E-state index is 8.85. The van der Waals surface area contributed by atoms with Crippen LogP contribution in [0.25, 0.3) is 0 Å². The van der Waals surface area contributed by atoms with E-state index >= 15 is 0 Å². The van der Waals surface area contributed by atoms with E-state index in [1.807, 2.05) is 6.07 Å². The molecule has 0 spiro atoms. The van der Waals surface area contributed by atoms with E-state index in [2.05, 4.69) is 10.3 Å². The second kappa shape index (κ2) is 6.13. The molecule has 1 N–H and O–H groups in total. The van der Waals surface area contributed by atoms with Crippen molar-refractivity contribution >= 4 is 23.1 Å². The van der Waals surface area contributed by atoms with Gasteiger partial charge in [0, 0.05) is 12.1 Å². The highest BCUT2D eigenvalue weighted by Crippen LogP contribution is 2.36. The van der Waals surface area contributed by atoms with Crippen molar-refractivity contribution in [3.8, 4) is 17.6 Å². The molecule has 0 aliphatic heterocycles. The van der Waals surface area contributed by atoms with Gasteiger partial charge in [0.2, 0.25) is 0 Å². The Morgan fingerprint density at radius 3 is 2.60 bits per heavy atom. The number of benzene rings is 1. The SMILES string of the molecule is COc1cc(Nc2cccc(C#N)n2)c(OC)cc1Cl. The van der Waals surface area contributed by atoms with E-state index in [-0.39, 0.29) is 0 Å². The van der Waals surface area contributed by atoms with Crippen LogP contribution in [0.2, 0.25) is 5.02 Å². The molecule has 0 unspecified atom stereocenters. The third kappa shape index (κ3) is 2.92. The van der Waals surface area contributed by atoms with Gasteiger partial charge in [0.25, 0.3) is 0 Å². The predicted octanol–water partition coefficient (Wildman–Crippen LogP) is 3.37. The lowest BCUT2D eigenvalue weighted by Gasteiger charge is -2.13.